The number of nitrogens with zero attached hydrogens (tertiary/aromatic N) is 2. The van der Waals surface area contributed by atoms with Gasteiger partial charge >= 0.3 is 0 Å². The number of fused-ring (bicyclic) bond motifs is 1. The molecule has 0 fully saturated rings. The van der Waals surface area contributed by atoms with E-state index in [9.17, 15) is 14.0 Å². The Morgan fingerprint density at radius 2 is 1.89 bits per heavy atom. The zero-order valence-electron chi connectivity index (χ0n) is 21.9. The summed E-state index contributed by atoms with van der Waals surface area (Å²) in [4.78, 5) is 31.7. The van der Waals surface area contributed by atoms with Crippen LogP contribution in [0.15, 0.2) is 60.0 Å². The minimum Gasteiger partial charge on any atom is -0.491 e. The van der Waals surface area contributed by atoms with E-state index in [1.165, 1.54) is 28.6 Å². The van der Waals surface area contributed by atoms with Crippen molar-refractivity contribution in [3.05, 3.63) is 87.4 Å². The zero-order chi connectivity index (χ0) is 26.5. The molecule has 0 aliphatic carbocycles. The molecule has 0 saturated carbocycles. The molecule has 0 saturated heterocycles. The molecule has 0 bridgehead atoms. The topological polar surface area (TPSA) is 49.9 Å². The Morgan fingerprint density at radius 3 is 2.57 bits per heavy atom. The van der Waals surface area contributed by atoms with E-state index < -0.39 is 5.82 Å². The lowest BCUT2D eigenvalue weighted by Crippen LogP contribution is -2.49. The van der Waals surface area contributed by atoms with Crippen molar-refractivity contribution in [3.63, 3.8) is 0 Å². The first-order valence-corrected chi connectivity index (χ1v) is 13.8. The number of amides is 2. The van der Waals surface area contributed by atoms with E-state index in [0.29, 0.717) is 25.5 Å². The number of hydrogen-bond donors (Lipinski definition) is 0. The monoisotopic (exact) mass is 522 g/mol. The Labute approximate surface area is 222 Å². The second-order valence-electron chi connectivity index (χ2n) is 9.89. The van der Waals surface area contributed by atoms with Crippen molar-refractivity contribution in [2.45, 2.75) is 58.5 Å². The van der Waals surface area contributed by atoms with Gasteiger partial charge in [0.2, 0.25) is 5.91 Å². The molecule has 37 heavy (non-hydrogen) atoms. The maximum atomic E-state index is 13.8. The van der Waals surface area contributed by atoms with E-state index in [1.807, 2.05) is 30.9 Å². The van der Waals surface area contributed by atoms with Crippen molar-refractivity contribution in [3.8, 4) is 5.75 Å². The summed E-state index contributed by atoms with van der Waals surface area (Å²) in [6.45, 7) is 9.03. The van der Waals surface area contributed by atoms with E-state index >= 15 is 0 Å². The third-order valence-electron chi connectivity index (χ3n) is 7.13. The van der Waals surface area contributed by atoms with Gasteiger partial charge in [-0.15, -0.1) is 11.3 Å². The van der Waals surface area contributed by atoms with E-state index in [2.05, 4.69) is 37.4 Å². The molecule has 0 radical (unpaired) electrons. The van der Waals surface area contributed by atoms with Crippen LogP contribution < -0.4 is 4.74 Å². The predicted octanol–water partition coefficient (Wildman–Crippen LogP) is 6.46. The first-order chi connectivity index (χ1) is 17.8. The molecule has 2 heterocycles. The summed E-state index contributed by atoms with van der Waals surface area (Å²) in [6.07, 6.45) is 1.46. The summed E-state index contributed by atoms with van der Waals surface area (Å²) < 4.78 is 20.0. The molecule has 1 aliphatic rings. The largest absolute Gasteiger partial charge is 0.491 e. The Hall–Kier alpha value is -3.19. The number of carbonyl (C=O) groups excluding carboxylic acids is 2. The second-order valence-corrected chi connectivity index (χ2v) is 10.9. The van der Waals surface area contributed by atoms with Crippen molar-refractivity contribution in [1.29, 1.82) is 0 Å². The fourth-order valence-electron chi connectivity index (χ4n) is 4.67. The summed E-state index contributed by atoms with van der Waals surface area (Å²) >= 11 is 1.70. The fraction of sp³-hybridized carbons (Fsp3) is 0.400. The van der Waals surface area contributed by atoms with E-state index in [0.717, 1.165) is 17.7 Å². The highest BCUT2D eigenvalue weighted by Gasteiger charge is 2.34. The normalized spacial score (nSPS) is 15.8. The molecule has 0 spiro atoms. The van der Waals surface area contributed by atoms with Crippen molar-refractivity contribution < 1.29 is 18.7 Å². The Balaban J connectivity index is 1.53. The lowest BCUT2D eigenvalue weighted by Gasteiger charge is -2.38. The smallest absolute Gasteiger partial charge is 0.254 e. The number of halogens is 1. The van der Waals surface area contributed by atoms with E-state index in [1.54, 1.807) is 22.3 Å². The van der Waals surface area contributed by atoms with Gasteiger partial charge in [0.15, 0.2) is 0 Å². The van der Waals surface area contributed by atoms with Crippen molar-refractivity contribution >= 4 is 23.2 Å². The van der Waals surface area contributed by atoms with Crippen LogP contribution in [0.4, 0.5) is 4.39 Å². The molecule has 1 aliphatic heterocycles. The van der Waals surface area contributed by atoms with Gasteiger partial charge in [-0.25, -0.2) is 4.39 Å². The van der Waals surface area contributed by atoms with E-state index in [4.69, 9.17) is 4.74 Å². The highest BCUT2D eigenvalue weighted by atomic mass is 32.1. The van der Waals surface area contributed by atoms with Gasteiger partial charge < -0.3 is 14.5 Å². The summed E-state index contributed by atoms with van der Waals surface area (Å²) in [7, 11) is 0. The highest BCUT2D eigenvalue weighted by Crippen LogP contribution is 2.34. The quantitative estimate of drug-likeness (QED) is 0.324. The number of ether oxygens (including phenoxy) is 1. The molecule has 5 nitrogen and oxygen atoms in total. The van der Waals surface area contributed by atoms with Crippen LogP contribution in [0.1, 0.15) is 72.4 Å². The van der Waals surface area contributed by atoms with Gasteiger partial charge in [-0.2, -0.15) is 0 Å². The van der Waals surface area contributed by atoms with Crippen molar-refractivity contribution in [1.82, 2.24) is 9.80 Å². The van der Waals surface area contributed by atoms with Crippen LogP contribution >= 0.6 is 11.3 Å². The molecule has 1 aromatic heterocycles. The third kappa shape index (κ3) is 6.21. The minimum absolute atomic E-state index is 0.0661. The molecular formula is C30H35FN2O3S. The number of carbonyl (C=O) groups is 2. The SMILES string of the molecule is CC[C@H](C)N(CC(=O)N1CCc2sccc2[C@@H]1COc1ccc(C(C)C)cc1)C(=O)c1cccc(F)c1. The third-order valence-corrected chi connectivity index (χ3v) is 8.13. The molecular weight excluding hydrogens is 487 g/mol. The first kappa shape index (κ1) is 26.9. The molecule has 2 amide bonds. The molecule has 2 aromatic carbocycles. The maximum absolute atomic E-state index is 13.8. The summed E-state index contributed by atoms with van der Waals surface area (Å²) in [6, 6.07) is 15.4. The highest BCUT2D eigenvalue weighted by molar-refractivity contribution is 7.10. The second kappa shape index (κ2) is 11.9. The van der Waals surface area contributed by atoms with Gasteiger partial charge in [0.05, 0.1) is 6.04 Å². The van der Waals surface area contributed by atoms with Gasteiger partial charge in [0.25, 0.3) is 5.91 Å². The number of rotatable bonds is 9. The lowest BCUT2D eigenvalue weighted by molar-refractivity contribution is -0.136. The molecule has 2 atom stereocenters. The molecule has 196 valence electrons. The Bertz CT molecular complexity index is 1220. The standard InChI is InChI=1S/C30H35FN2O3S/c1-5-21(4)33(30(35)23-7-6-8-24(31)17-23)18-29(34)32-15-13-28-26(14-16-37-28)27(32)19-36-25-11-9-22(10-12-25)20(2)3/h6-12,14,16-17,20-21,27H,5,13,15,18-19H2,1-4H3/t21-,27-/m0/s1. The van der Waals surface area contributed by atoms with Crippen molar-refractivity contribution in [2.24, 2.45) is 0 Å². The average Bonchev–Trinajstić information content (AvgIpc) is 3.39. The molecule has 0 unspecified atom stereocenters. The number of hydrogen-bond acceptors (Lipinski definition) is 4. The van der Waals surface area contributed by atoms with Crippen LogP contribution in [-0.4, -0.2) is 47.4 Å². The Morgan fingerprint density at radius 1 is 1.14 bits per heavy atom. The van der Waals surface area contributed by atoms with Crippen LogP contribution in [-0.2, 0) is 11.2 Å². The predicted molar refractivity (Wildman–Crippen MR) is 146 cm³/mol. The number of benzene rings is 2. The number of thiophene rings is 1. The van der Waals surface area contributed by atoms with Gasteiger partial charge in [-0.1, -0.05) is 39.0 Å². The molecule has 0 N–H and O–H groups in total. The minimum atomic E-state index is -0.471. The maximum Gasteiger partial charge on any atom is 0.254 e. The van der Waals surface area contributed by atoms with E-state index in [-0.39, 0.29) is 36.0 Å². The summed E-state index contributed by atoms with van der Waals surface area (Å²) in [5, 5.41) is 2.06. The Kier molecular flexibility index (Phi) is 8.64. The van der Waals surface area contributed by atoms with Gasteiger partial charge in [0.1, 0.15) is 24.7 Å². The van der Waals surface area contributed by atoms with Crippen LogP contribution in [0.25, 0.3) is 0 Å². The van der Waals surface area contributed by atoms with Gasteiger partial charge in [-0.05, 0) is 78.6 Å². The zero-order valence-corrected chi connectivity index (χ0v) is 22.8. The first-order valence-electron chi connectivity index (χ1n) is 12.9. The van der Waals surface area contributed by atoms with Crippen LogP contribution in [0, 0.1) is 5.82 Å². The molecule has 4 rings (SSSR count). The van der Waals surface area contributed by atoms with Crippen LogP contribution in [0.5, 0.6) is 5.75 Å². The van der Waals surface area contributed by atoms with Crippen LogP contribution in [0.3, 0.4) is 0 Å². The summed E-state index contributed by atoms with van der Waals surface area (Å²) in [5.74, 6) is 0.263. The van der Waals surface area contributed by atoms with Crippen molar-refractivity contribution in [2.75, 3.05) is 19.7 Å². The molecule has 3 aromatic rings. The lowest BCUT2D eigenvalue weighted by atomic mass is 10.00. The summed E-state index contributed by atoms with van der Waals surface area (Å²) in [5.41, 5.74) is 2.60. The van der Waals surface area contributed by atoms with Gasteiger partial charge in [-0.3, -0.25) is 9.59 Å². The average molecular weight is 523 g/mol. The van der Waals surface area contributed by atoms with Crippen LogP contribution in [0.2, 0.25) is 0 Å². The van der Waals surface area contributed by atoms with Gasteiger partial charge in [0, 0.05) is 23.0 Å². The molecule has 7 heteroatoms. The fourth-order valence-corrected chi connectivity index (χ4v) is 5.60.